The van der Waals surface area contributed by atoms with Crippen molar-refractivity contribution >= 4 is 10.1 Å². The third-order valence-electron chi connectivity index (χ3n) is 1.92. The molecule has 0 bridgehead atoms. The summed E-state index contributed by atoms with van der Waals surface area (Å²) in [5.74, 6) is -0.355. The zero-order valence-electron chi connectivity index (χ0n) is 10.2. The molecule has 1 N–H and O–H groups in total. The first-order chi connectivity index (χ1) is 6.27. The Balaban J connectivity index is 0. The molecule has 0 aliphatic heterocycles. The Morgan fingerprint density at radius 1 is 1.27 bits per heavy atom. The average molecular weight is 245 g/mol. The Hall–Kier alpha value is 0.870. The molecular weight excluding hydrogens is 225 g/mol. The second-order valence-electron chi connectivity index (χ2n) is 4.22. The van der Waals surface area contributed by atoms with E-state index in [1.165, 1.54) is 0 Å². The second kappa shape index (κ2) is 8.03. The van der Waals surface area contributed by atoms with Crippen molar-refractivity contribution in [1.29, 1.82) is 0 Å². The van der Waals surface area contributed by atoms with E-state index < -0.39 is 15.7 Å². The van der Waals surface area contributed by atoms with E-state index in [4.69, 9.17) is 0 Å². The topological polar surface area (TPSA) is 69.2 Å². The molecule has 0 atom stereocenters. The molecule has 0 aromatic heterocycles. The SMILES string of the molecule is CCCCCNC(C)(C)CS(=O)(=O)[O-].[Na+]. The normalized spacial score (nSPS) is 12.3. The van der Waals surface area contributed by atoms with Crippen LogP contribution in [0, 0.1) is 0 Å². The van der Waals surface area contributed by atoms with Crippen molar-refractivity contribution in [2.75, 3.05) is 12.3 Å². The largest absolute Gasteiger partial charge is 1.00 e. The summed E-state index contributed by atoms with van der Waals surface area (Å²) in [4.78, 5) is 0. The number of rotatable bonds is 7. The third kappa shape index (κ3) is 12.8. The van der Waals surface area contributed by atoms with Gasteiger partial charge in [-0.2, -0.15) is 0 Å². The van der Waals surface area contributed by atoms with E-state index in [2.05, 4.69) is 12.2 Å². The molecule has 0 radical (unpaired) electrons. The predicted molar refractivity (Wildman–Crippen MR) is 56.2 cm³/mol. The third-order valence-corrected chi connectivity index (χ3v) is 3.00. The van der Waals surface area contributed by atoms with Crippen LogP contribution in [0.25, 0.3) is 0 Å². The zero-order valence-corrected chi connectivity index (χ0v) is 13.0. The van der Waals surface area contributed by atoms with Gasteiger partial charge in [0.15, 0.2) is 0 Å². The van der Waals surface area contributed by atoms with E-state index in [1.54, 1.807) is 13.8 Å². The predicted octanol–water partition coefficient (Wildman–Crippen LogP) is -1.91. The minimum atomic E-state index is -4.14. The zero-order chi connectivity index (χ0) is 11.2. The molecule has 0 aliphatic rings. The van der Waals surface area contributed by atoms with Crippen LogP contribution in [0.15, 0.2) is 0 Å². The molecule has 4 nitrogen and oxygen atoms in total. The molecule has 86 valence electrons. The Kier molecular flexibility index (Phi) is 9.77. The number of hydrogen-bond donors (Lipinski definition) is 1. The van der Waals surface area contributed by atoms with Crippen LogP contribution in [0.1, 0.15) is 40.0 Å². The van der Waals surface area contributed by atoms with Gasteiger partial charge < -0.3 is 9.87 Å². The minimum Gasteiger partial charge on any atom is -0.748 e. The maximum absolute atomic E-state index is 10.5. The molecule has 0 aromatic carbocycles. The molecule has 0 amide bonds. The summed E-state index contributed by atoms with van der Waals surface area (Å²) in [7, 11) is -4.14. The average Bonchev–Trinajstić information content (AvgIpc) is 1.93. The molecule has 0 spiro atoms. The monoisotopic (exact) mass is 245 g/mol. The molecule has 0 saturated carbocycles. The maximum Gasteiger partial charge on any atom is 1.00 e. The number of nitrogens with one attached hydrogen (secondary N) is 1. The molecule has 6 heteroatoms. The van der Waals surface area contributed by atoms with E-state index in [0.29, 0.717) is 0 Å². The van der Waals surface area contributed by atoms with Crippen molar-refractivity contribution < 1.29 is 42.5 Å². The quantitative estimate of drug-likeness (QED) is 0.323. The van der Waals surface area contributed by atoms with Gasteiger partial charge in [0.2, 0.25) is 0 Å². The van der Waals surface area contributed by atoms with Crippen molar-refractivity contribution in [1.82, 2.24) is 5.32 Å². The van der Waals surface area contributed by atoms with E-state index in [9.17, 15) is 13.0 Å². The summed E-state index contributed by atoms with van der Waals surface area (Å²) in [5.41, 5.74) is -0.617. The van der Waals surface area contributed by atoms with Crippen LogP contribution in [0.5, 0.6) is 0 Å². The molecule has 0 aliphatic carbocycles. The van der Waals surface area contributed by atoms with Gasteiger partial charge in [-0.1, -0.05) is 19.8 Å². The summed E-state index contributed by atoms with van der Waals surface area (Å²) >= 11 is 0. The molecule has 15 heavy (non-hydrogen) atoms. The van der Waals surface area contributed by atoms with Crippen LogP contribution in [0.3, 0.4) is 0 Å². The van der Waals surface area contributed by atoms with Crippen LogP contribution in [-0.2, 0) is 10.1 Å². The fourth-order valence-electron chi connectivity index (χ4n) is 1.29. The smallest absolute Gasteiger partial charge is 0.748 e. The Morgan fingerprint density at radius 2 is 1.80 bits per heavy atom. The summed E-state index contributed by atoms with van der Waals surface area (Å²) in [6, 6.07) is 0. The first-order valence-corrected chi connectivity index (χ1v) is 6.53. The first-order valence-electron chi connectivity index (χ1n) is 4.95. The van der Waals surface area contributed by atoms with Crippen molar-refractivity contribution in [3.05, 3.63) is 0 Å². The Morgan fingerprint density at radius 3 is 2.20 bits per heavy atom. The van der Waals surface area contributed by atoms with Gasteiger partial charge in [-0.25, -0.2) is 8.42 Å². The maximum atomic E-state index is 10.5. The van der Waals surface area contributed by atoms with Gasteiger partial charge in [0, 0.05) is 5.54 Å². The molecule has 0 fully saturated rings. The molecular formula is C9H20NNaO3S. The molecule has 0 unspecified atom stereocenters. The van der Waals surface area contributed by atoms with Crippen LogP contribution in [0.2, 0.25) is 0 Å². The molecule has 0 aromatic rings. The van der Waals surface area contributed by atoms with E-state index in [1.807, 2.05) is 0 Å². The Labute approximate surface area is 115 Å². The number of unbranched alkanes of at least 4 members (excludes halogenated alkanes) is 2. The standard InChI is InChI=1S/C9H21NO3S.Na/c1-4-5-6-7-10-9(2,3)8-14(11,12)13;/h10H,4-8H2,1-3H3,(H,11,12,13);/q;+1/p-1. The van der Waals surface area contributed by atoms with Crippen molar-refractivity contribution in [3.8, 4) is 0 Å². The summed E-state index contributed by atoms with van der Waals surface area (Å²) in [6.45, 7) is 6.33. The van der Waals surface area contributed by atoms with Gasteiger partial charge >= 0.3 is 29.6 Å². The minimum absolute atomic E-state index is 0. The van der Waals surface area contributed by atoms with Crippen molar-refractivity contribution in [2.24, 2.45) is 0 Å². The molecule has 0 heterocycles. The van der Waals surface area contributed by atoms with Gasteiger partial charge in [0.25, 0.3) is 0 Å². The van der Waals surface area contributed by atoms with Gasteiger partial charge in [-0.15, -0.1) is 0 Å². The van der Waals surface area contributed by atoms with Crippen LogP contribution < -0.4 is 34.9 Å². The fraction of sp³-hybridized carbons (Fsp3) is 1.00. The number of hydrogen-bond acceptors (Lipinski definition) is 4. The van der Waals surface area contributed by atoms with Gasteiger partial charge in [-0.05, 0) is 26.8 Å². The summed E-state index contributed by atoms with van der Waals surface area (Å²) in [6.07, 6.45) is 3.26. The summed E-state index contributed by atoms with van der Waals surface area (Å²) in [5, 5.41) is 3.07. The van der Waals surface area contributed by atoms with Gasteiger partial charge in [0.05, 0.1) is 15.9 Å². The van der Waals surface area contributed by atoms with Crippen molar-refractivity contribution in [2.45, 2.75) is 45.6 Å². The van der Waals surface area contributed by atoms with Crippen molar-refractivity contribution in [3.63, 3.8) is 0 Å². The molecule has 0 saturated heterocycles. The van der Waals surface area contributed by atoms with E-state index in [-0.39, 0.29) is 35.3 Å². The van der Waals surface area contributed by atoms with E-state index in [0.717, 1.165) is 25.8 Å². The first kappa shape index (κ1) is 18.2. The fourth-order valence-corrected chi connectivity index (χ4v) is 2.28. The van der Waals surface area contributed by atoms with E-state index >= 15 is 0 Å². The van der Waals surface area contributed by atoms with Gasteiger partial charge in [-0.3, -0.25) is 0 Å². The van der Waals surface area contributed by atoms with Crippen LogP contribution in [-0.4, -0.2) is 30.8 Å². The molecule has 0 rings (SSSR count). The Bertz CT molecular complexity index is 252. The van der Waals surface area contributed by atoms with Crippen LogP contribution in [0.4, 0.5) is 0 Å². The second-order valence-corrected chi connectivity index (χ2v) is 5.62. The van der Waals surface area contributed by atoms with Gasteiger partial charge in [0.1, 0.15) is 0 Å². The summed E-state index contributed by atoms with van der Waals surface area (Å²) < 4.78 is 31.6. The van der Waals surface area contributed by atoms with Crippen LogP contribution >= 0.6 is 0 Å².